The number of hydrogen-bond donors (Lipinski definition) is 0. The SMILES string of the molecule is C1=CC=CN(c2nncs2)C=C1. The summed E-state index contributed by atoms with van der Waals surface area (Å²) in [7, 11) is 0. The summed E-state index contributed by atoms with van der Waals surface area (Å²) in [4.78, 5) is 1.93. The van der Waals surface area contributed by atoms with Crippen LogP contribution in [0.25, 0.3) is 0 Å². The van der Waals surface area contributed by atoms with Crippen molar-refractivity contribution in [2.45, 2.75) is 0 Å². The molecule has 1 aromatic rings. The maximum Gasteiger partial charge on any atom is 0.216 e. The first-order valence-electron chi connectivity index (χ1n) is 3.53. The summed E-state index contributed by atoms with van der Waals surface area (Å²) in [6.07, 6.45) is 11.7. The predicted octanol–water partition coefficient (Wildman–Crippen LogP) is 1.94. The van der Waals surface area contributed by atoms with Gasteiger partial charge in [0, 0.05) is 12.4 Å². The molecule has 0 saturated carbocycles. The lowest BCUT2D eigenvalue weighted by Crippen LogP contribution is -2.05. The zero-order chi connectivity index (χ0) is 8.23. The van der Waals surface area contributed by atoms with E-state index in [9.17, 15) is 0 Å². The van der Waals surface area contributed by atoms with Crippen LogP contribution in [-0.4, -0.2) is 10.2 Å². The summed E-state index contributed by atoms with van der Waals surface area (Å²) in [6.45, 7) is 0. The minimum absolute atomic E-state index is 0.881. The van der Waals surface area contributed by atoms with Crippen molar-refractivity contribution in [3.05, 3.63) is 42.2 Å². The first kappa shape index (κ1) is 7.24. The van der Waals surface area contributed by atoms with Gasteiger partial charge in [0.1, 0.15) is 5.51 Å². The van der Waals surface area contributed by atoms with Gasteiger partial charge in [0.05, 0.1) is 0 Å². The van der Waals surface area contributed by atoms with E-state index >= 15 is 0 Å². The van der Waals surface area contributed by atoms with Crippen molar-refractivity contribution < 1.29 is 0 Å². The van der Waals surface area contributed by atoms with E-state index in [1.807, 2.05) is 41.6 Å². The zero-order valence-corrected chi connectivity index (χ0v) is 7.11. The fourth-order valence-electron chi connectivity index (χ4n) is 0.870. The molecule has 2 heterocycles. The van der Waals surface area contributed by atoms with Crippen LogP contribution in [-0.2, 0) is 0 Å². The van der Waals surface area contributed by atoms with Crippen LogP contribution in [0, 0.1) is 0 Å². The third-order valence-corrected chi connectivity index (χ3v) is 2.10. The van der Waals surface area contributed by atoms with Crippen LogP contribution in [0.3, 0.4) is 0 Å². The molecular weight excluding hydrogens is 170 g/mol. The van der Waals surface area contributed by atoms with Gasteiger partial charge in [0.15, 0.2) is 0 Å². The molecule has 0 N–H and O–H groups in total. The number of hydrogen-bond acceptors (Lipinski definition) is 4. The number of anilines is 1. The summed E-state index contributed by atoms with van der Waals surface area (Å²) < 4.78 is 0. The minimum Gasteiger partial charge on any atom is -0.299 e. The number of allylic oxidation sites excluding steroid dienone is 4. The van der Waals surface area contributed by atoms with Crippen molar-refractivity contribution in [2.24, 2.45) is 0 Å². The Labute approximate surface area is 74.4 Å². The van der Waals surface area contributed by atoms with Crippen LogP contribution >= 0.6 is 11.3 Å². The fourth-order valence-corrected chi connectivity index (χ4v) is 1.40. The van der Waals surface area contributed by atoms with Gasteiger partial charge in [-0.15, -0.1) is 10.2 Å². The van der Waals surface area contributed by atoms with Crippen molar-refractivity contribution in [1.82, 2.24) is 10.2 Å². The van der Waals surface area contributed by atoms with Gasteiger partial charge in [-0.3, -0.25) is 4.90 Å². The van der Waals surface area contributed by atoms with Gasteiger partial charge in [-0.05, 0) is 12.2 Å². The highest BCUT2D eigenvalue weighted by Crippen LogP contribution is 2.17. The highest BCUT2D eigenvalue weighted by molar-refractivity contribution is 7.13. The Kier molecular flexibility index (Phi) is 2.00. The lowest BCUT2D eigenvalue weighted by atomic mass is 10.5. The van der Waals surface area contributed by atoms with Crippen LogP contribution in [0.2, 0.25) is 0 Å². The molecule has 1 aromatic heterocycles. The molecule has 0 saturated heterocycles. The molecular formula is C8H7N3S. The van der Waals surface area contributed by atoms with Crippen LogP contribution in [0.15, 0.2) is 42.2 Å². The third kappa shape index (κ3) is 1.43. The Bertz CT molecular complexity index is 308. The Balaban J connectivity index is 2.25. The maximum absolute atomic E-state index is 3.95. The first-order chi connectivity index (χ1) is 5.97. The van der Waals surface area contributed by atoms with Crippen molar-refractivity contribution in [3.8, 4) is 0 Å². The van der Waals surface area contributed by atoms with Gasteiger partial charge in [-0.1, -0.05) is 23.5 Å². The van der Waals surface area contributed by atoms with Crippen LogP contribution in [0.5, 0.6) is 0 Å². The Morgan fingerprint density at radius 2 is 1.83 bits per heavy atom. The summed E-state index contributed by atoms with van der Waals surface area (Å²) in [5.41, 5.74) is 1.72. The van der Waals surface area contributed by atoms with Crippen molar-refractivity contribution in [3.63, 3.8) is 0 Å². The van der Waals surface area contributed by atoms with Gasteiger partial charge < -0.3 is 0 Å². The first-order valence-corrected chi connectivity index (χ1v) is 4.41. The summed E-state index contributed by atoms with van der Waals surface area (Å²) >= 11 is 1.51. The van der Waals surface area contributed by atoms with Gasteiger partial charge in [0.2, 0.25) is 5.13 Å². The van der Waals surface area contributed by atoms with Gasteiger partial charge in [-0.25, -0.2) is 0 Å². The number of nitrogens with zero attached hydrogens (tertiary/aromatic N) is 3. The molecule has 60 valence electrons. The second-order valence-electron chi connectivity index (χ2n) is 2.20. The molecule has 0 radical (unpaired) electrons. The van der Waals surface area contributed by atoms with E-state index in [4.69, 9.17) is 0 Å². The topological polar surface area (TPSA) is 29.0 Å². The molecule has 1 aliphatic heterocycles. The van der Waals surface area contributed by atoms with Crippen molar-refractivity contribution >= 4 is 16.5 Å². The molecule has 0 aliphatic carbocycles. The average Bonchev–Trinajstić information content (AvgIpc) is 2.48. The van der Waals surface area contributed by atoms with Crippen LogP contribution in [0.4, 0.5) is 5.13 Å². The molecule has 2 rings (SSSR count). The monoisotopic (exact) mass is 177 g/mol. The van der Waals surface area contributed by atoms with Crippen LogP contribution < -0.4 is 4.90 Å². The summed E-state index contributed by atoms with van der Waals surface area (Å²) in [5.74, 6) is 0. The predicted molar refractivity (Wildman–Crippen MR) is 49.8 cm³/mol. The van der Waals surface area contributed by atoms with Crippen LogP contribution in [0.1, 0.15) is 0 Å². The molecule has 0 amide bonds. The van der Waals surface area contributed by atoms with Gasteiger partial charge in [-0.2, -0.15) is 0 Å². The van der Waals surface area contributed by atoms with E-state index in [1.54, 1.807) is 5.51 Å². The molecule has 0 bridgehead atoms. The fraction of sp³-hybridized carbons (Fsp3) is 0. The molecule has 0 spiro atoms. The van der Waals surface area contributed by atoms with E-state index in [2.05, 4.69) is 10.2 Å². The average molecular weight is 177 g/mol. The van der Waals surface area contributed by atoms with Gasteiger partial charge in [0.25, 0.3) is 0 Å². The molecule has 3 nitrogen and oxygen atoms in total. The Hall–Kier alpha value is -1.42. The van der Waals surface area contributed by atoms with E-state index in [0.29, 0.717) is 0 Å². The molecule has 0 atom stereocenters. The molecule has 1 aliphatic rings. The third-order valence-electron chi connectivity index (χ3n) is 1.40. The smallest absolute Gasteiger partial charge is 0.216 e. The molecule has 12 heavy (non-hydrogen) atoms. The Morgan fingerprint density at radius 1 is 1.08 bits per heavy atom. The summed E-state index contributed by atoms with van der Waals surface area (Å²) in [6, 6.07) is 0. The standard InChI is InChI=1S/C8H7N3S/c1-2-4-6-11(5-3-1)8-10-9-7-12-8/h1-7H. The zero-order valence-electron chi connectivity index (χ0n) is 6.29. The second kappa shape index (κ2) is 3.32. The second-order valence-corrected chi connectivity index (χ2v) is 3.01. The lowest BCUT2D eigenvalue weighted by molar-refractivity contribution is 1.06. The highest BCUT2D eigenvalue weighted by atomic mass is 32.1. The van der Waals surface area contributed by atoms with Crippen molar-refractivity contribution in [2.75, 3.05) is 4.90 Å². The molecule has 0 unspecified atom stereocenters. The Morgan fingerprint density at radius 3 is 2.42 bits per heavy atom. The number of aromatic nitrogens is 2. The van der Waals surface area contributed by atoms with E-state index in [0.717, 1.165) is 5.13 Å². The number of rotatable bonds is 1. The normalized spacial score (nSPS) is 15.2. The quantitative estimate of drug-likeness (QED) is 0.656. The lowest BCUT2D eigenvalue weighted by Gasteiger charge is -2.07. The molecule has 0 fully saturated rings. The van der Waals surface area contributed by atoms with E-state index < -0.39 is 0 Å². The van der Waals surface area contributed by atoms with Gasteiger partial charge >= 0.3 is 0 Å². The molecule has 4 heteroatoms. The minimum atomic E-state index is 0.881. The van der Waals surface area contributed by atoms with Crippen molar-refractivity contribution in [1.29, 1.82) is 0 Å². The van der Waals surface area contributed by atoms with E-state index in [1.165, 1.54) is 11.3 Å². The maximum atomic E-state index is 3.95. The largest absolute Gasteiger partial charge is 0.299 e. The van der Waals surface area contributed by atoms with E-state index in [-0.39, 0.29) is 0 Å². The highest BCUT2D eigenvalue weighted by Gasteiger charge is 2.01. The molecule has 0 aromatic carbocycles. The summed E-state index contributed by atoms with van der Waals surface area (Å²) in [5, 5.41) is 8.59.